The molecule has 0 saturated carbocycles. The number of aryl methyl sites for hydroxylation is 2. The van der Waals surface area contributed by atoms with Crippen LogP contribution in [0.1, 0.15) is 91.7 Å². The normalized spacial score (nSPS) is 23.4. The Kier molecular flexibility index (Phi) is 13.6. The van der Waals surface area contributed by atoms with Crippen molar-refractivity contribution in [3.63, 3.8) is 0 Å². The SMILES string of the molecule is CCCCCCc1cn(CCCCCCO[C@H]2O[C@H](C)[C@@H](OC(C)=O)[C@H](OC(C)=O)[C@@H]2OC(C)=O)nn1. The summed E-state index contributed by atoms with van der Waals surface area (Å²) in [5, 5.41) is 8.47. The molecule has 210 valence electrons. The maximum absolute atomic E-state index is 11.8. The first kappa shape index (κ1) is 30.7. The summed E-state index contributed by atoms with van der Waals surface area (Å²) in [7, 11) is 0. The summed E-state index contributed by atoms with van der Waals surface area (Å²) in [5.41, 5.74) is 1.05. The summed E-state index contributed by atoms with van der Waals surface area (Å²) in [4.78, 5) is 35.1. The molecule has 2 rings (SSSR count). The molecule has 0 bridgehead atoms. The first-order valence-corrected chi connectivity index (χ1v) is 13.4. The number of unbranched alkanes of at least 4 members (excludes halogenated alkanes) is 6. The fourth-order valence-electron chi connectivity index (χ4n) is 4.33. The van der Waals surface area contributed by atoms with E-state index in [-0.39, 0.29) is 0 Å². The average molecular weight is 526 g/mol. The number of nitrogens with zero attached hydrogens (tertiary/aromatic N) is 3. The van der Waals surface area contributed by atoms with E-state index in [4.69, 9.17) is 23.7 Å². The maximum atomic E-state index is 11.8. The number of aromatic nitrogens is 3. The highest BCUT2D eigenvalue weighted by atomic mass is 16.7. The van der Waals surface area contributed by atoms with Crippen LogP contribution in [0.25, 0.3) is 0 Å². The molecule has 1 aliphatic rings. The van der Waals surface area contributed by atoms with E-state index in [1.54, 1.807) is 6.92 Å². The number of hydrogen-bond donors (Lipinski definition) is 0. The maximum Gasteiger partial charge on any atom is 0.303 e. The molecule has 11 heteroatoms. The second-order valence-electron chi connectivity index (χ2n) is 9.50. The largest absolute Gasteiger partial charge is 0.456 e. The Morgan fingerprint density at radius 1 is 0.865 bits per heavy atom. The minimum atomic E-state index is -1.06. The molecule has 1 fully saturated rings. The quantitative estimate of drug-likeness (QED) is 0.180. The molecule has 0 radical (unpaired) electrons. The Hall–Kier alpha value is -2.53. The van der Waals surface area contributed by atoms with E-state index in [0.717, 1.165) is 50.8 Å². The fourth-order valence-corrected chi connectivity index (χ4v) is 4.33. The van der Waals surface area contributed by atoms with Crippen LogP contribution in [0.5, 0.6) is 0 Å². The van der Waals surface area contributed by atoms with Crippen LogP contribution >= 0.6 is 0 Å². The van der Waals surface area contributed by atoms with E-state index >= 15 is 0 Å². The van der Waals surface area contributed by atoms with Crippen molar-refractivity contribution in [3.8, 4) is 0 Å². The minimum Gasteiger partial charge on any atom is -0.456 e. The van der Waals surface area contributed by atoms with Crippen molar-refractivity contribution < 1.29 is 38.1 Å². The Morgan fingerprint density at radius 3 is 2.16 bits per heavy atom. The molecule has 0 unspecified atom stereocenters. The van der Waals surface area contributed by atoms with Gasteiger partial charge < -0.3 is 23.7 Å². The Balaban J connectivity index is 1.78. The molecular weight excluding hydrogens is 482 g/mol. The lowest BCUT2D eigenvalue weighted by atomic mass is 9.99. The van der Waals surface area contributed by atoms with Gasteiger partial charge in [0.05, 0.1) is 11.8 Å². The molecule has 0 aliphatic carbocycles. The van der Waals surface area contributed by atoms with E-state index in [1.807, 2.05) is 10.9 Å². The van der Waals surface area contributed by atoms with Crippen molar-refractivity contribution in [1.82, 2.24) is 15.0 Å². The fraction of sp³-hybridized carbons (Fsp3) is 0.808. The third-order valence-corrected chi connectivity index (χ3v) is 6.07. The van der Waals surface area contributed by atoms with Crippen molar-refractivity contribution >= 4 is 17.9 Å². The van der Waals surface area contributed by atoms with Crippen LogP contribution in [0.3, 0.4) is 0 Å². The van der Waals surface area contributed by atoms with Crippen LogP contribution in [0.2, 0.25) is 0 Å². The molecule has 37 heavy (non-hydrogen) atoms. The van der Waals surface area contributed by atoms with Gasteiger partial charge in [-0.15, -0.1) is 5.10 Å². The molecule has 0 spiro atoms. The zero-order chi connectivity index (χ0) is 27.2. The first-order valence-electron chi connectivity index (χ1n) is 13.4. The lowest BCUT2D eigenvalue weighted by Crippen LogP contribution is -2.61. The Morgan fingerprint density at radius 2 is 1.49 bits per heavy atom. The highest BCUT2D eigenvalue weighted by Gasteiger charge is 2.50. The van der Waals surface area contributed by atoms with Crippen LogP contribution < -0.4 is 0 Å². The number of rotatable bonds is 16. The van der Waals surface area contributed by atoms with Gasteiger partial charge in [-0.2, -0.15) is 0 Å². The van der Waals surface area contributed by atoms with Crippen molar-refractivity contribution in [3.05, 3.63) is 11.9 Å². The van der Waals surface area contributed by atoms with Gasteiger partial charge in [0.2, 0.25) is 0 Å². The molecule has 2 heterocycles. The summed E-state index contributed by atoms with van der Waals surface area (Å²) in [6, 6.07) is 0. The van der Waals surface area contributed by atoms with Crippen LogP contribution in [0.15, 0.2) is 6.20 Å². The van der Waals surface area contributed by atoms with Crippen LogP contribution in [0, 0.1) is 0 Å². The first-order chi connectivity index (χ1) is 17.7. The minimum absolute atomic E-state index is 0.366. The van der Waals surface area contributed by atoms with E-state index < -0.39 is 48.6 Å². The molecule has 11 nitrogen and oxygen atoms in total. The number of esters is 3. The molecular formula is C26H43N3O8. The van der Waals surface area contributed by atoms with Crippen molar-refractivity contribution in [2.75, 3.05) is 6.61 Å². The van der Waals surface area contributed by atoms with E-state index in [2.05, 4.69) is 17.2 Å². The molecule has 1 aromatic rings. The van der Waals surface area contributed by atoms with E-state index in [0.29, 0.717) is 6.61 Å². The van der Waals surface area contributed by atoms with Gasteiger partial charge in [-0.25, -0.2) is 0 Å². The predicted molar refractivity (Wildman–Crippen MR) is 133 cm³/mol. The number of hydrogen-bond acceptors (Lipinski definition) is 10. The van der Waals surface area contributed by atoms with E-state index in [9.17, 15) is 14.4 Å². The second kappa shape index (κ2) is 16.3. The van der Waals surface area contributed by atoms with Gasteiger partial charge in [-0.3, -0.25) is 19.1 Å². The third kappa shape index (κ3) is 11.2. The van der Waals surface area contributed by atoms with Gasteiger partial charge in [-0.05, 0) is 32.6 Å². The molecule has 0 aromatic carbocycles. The van der Waals surface area contributed by atoms with E-state index in [1.165, 1.54) is 40.0 Å². The Bertz CT molecular complexity index is 846. The summed E-state index contributed by atoms with van der Waals surface area (Å²) in [5.74, 6) is -1.75. The van der Waals surface area contributed by atoms with Crippen molar-refractivity contribution in [1.29, 1.82) is 0 Å². The van der Waals surface area contributed by atoms with Gasteiger partial charge in [-0.1, -0.05) is 44.2 Å². The van der Waals surface area contributed by atoms with Crippen molar-refractivity contribution in [2.24, 2.45) is 0 Å². The molecule has 0 amide bonds. The third-order valence-electron chi connectivity index (χ3n) is 6.07. The average Bonchev–Trinajstić information content (AvgIpc) is 3.27. The zero-order valence-corrected chi connectivity index (χ0v) is 22.8. The van der Waals surface area contributed by atoms with Gasteiger partial charge >= 0.3 is 17.9 Å². The summed E-state index contributed by atoms with van der Waals surface area (Å²) in [6.07, 6.45) is 6.93. The van der Waals surface area contributed by atoms with Crippen molar-refractivity contribution in [2.45, 2.75) is 130 Å². The van der Waals surface area contributed by atoms with Gasteiger partial charge in [0, 0.05) is 40.1 Å². The summed E-state index contributed by atoms with van der Waals surface area (Å²) < 4.78 is 29.8. The predicted octanol–water partition coefficient (Wildman–Crippen LogP) is 3.52. The van der Waals surface area contributed by atoms with Crippen LogP contribution in [-0.4, -0.2) is 70.2 Å². The zero-order valence-electron chi connectivity index (χ0n) is 22.8. The molecule has 5 atom stereocenters. The molecule has 0 N–H and O–H groups in total. The standard InChI is InChI=1S/C26H43N3O8/c1-6-7-8-11-14-22-17-29(28-27-22)15-12-9-10-13-16-33-26-25(37-21(5)32)24(36-20(4)31)23(18(2)34-26)35-19(3)30/h17-18,23-26H,6-16H2,1-5H3/t18-,23-,24+,25+,26+/m1/s1. The highest BCUT2D eigenvalue weighted by Crippen LogP contribution is 2.29. The van der Waals surface area contributed by atoms with Crippen LogP contribution in [0.4, 0.5) is 0 Å². The van der Waals surface area contributed by atoms with Gasteiger partial charge in [0.15, 0.2) is 24.6 Å². The monoisotopic (exact) mass is 525 g/mol. The summed E-state index contributed by atoms with van der Waals surface area (Å²) in [6.45, 7) is 8.80. The molecule has 1 aromatic heterocycles. The molecule has 1 saturated heterocycles. The topological polar surface area (TPSA) is 128 Å². The highest BCUT2D eigenvalue weighted by molar-refractivity contribution is 5.68. The lowest BCUT2D eigenvalue weighted by molar-refractivity contribution is -0.300. The lowest BCUT2D eigenvalue weighted by Gasteiger charge is -2.43. The number of carbonyl (C=O) groups is 3. The van der Waals surface area contributed by atoms with Crippen LogP contribution in [-0.2, 0) is 51.0 Å². The number of ether oxygens (including phenoxy) is 5. The number of carbonyl (C=O) groups excluding carboxylic acids is 3. The molecule has 1 aliphatic heterocycles. The second-order valence-corrected chi connectivity index (χ2v) is 9.50. The van der Waals surface area contributed by atoms with Gasteiger partial charge in [0.1, 0.15) is 0 Å². The van der Waals surface area contributed by atoms with Gasteiger partial charge in [0.25, 0.3) is 0 Å². The Labute approximate surface area is 219 Å². The smallest absolute Gasteiger partial charge is 0.303 e. The summed E-state index contributed by atoms with van der Waals surface area (Å²) >= 11 is 0.